The number of hydrogen-bond acceptors (Lipinski definition) is 7. The number of sulfonamides is 2. The Balaban J connectivity index is 1.56. The van der Waals surface area contributed by atoms with Gasteiger partial charge in [0, 0.05) is 11.8 Å². The highest BCUT2D eigenvalue weighted by Gasteiger charge is 2.28. The highest BCUT2D eigenvalue weighted by atomic mass is 32.2. The highest BCUT2D eigenvalue weighted by Crippen LogP contribution is 2.31. The summed E-state index contributed by atoms with van der Waals surface area (Å²) in [5.41, 5.74) is 3.43. The summed E-state index contributed by atoms with van der Waals surface area (Å²) < 4.78 is 67.5. The van der Waals surface area contributed by atoms with Crippen molar-refractivity contribution in [1.29, 1.82) is 0 Å². The van der Waals surface area contributed by atoms with Gasteiger partial charge in [-0.25, -0.2) is 16.8 Å². The van der Waals surface area contributed by atoms with Gasteiger partial charge in [0.1, 0.15) is 18.0 Å². The van der Waals surface area contributed by atoms with E-state index in [2.05, 4.69) is 10.0 Å². The number of ether oxygens (including phenoxy) is 2. The summed E-state index contributed by atoms with van der Waals surface area (Å²) in [6.07, 6.45) is 0. The molecule has 0 spiro atoms. The van der Waals surface area contributed by atoms with Crippen LogP contribution in [-0.4, -0.2) is 43.5 Å². The van der Waals surface area contributed by atoms with Gasteiger partial charge in [0.25, 0.3) is 20.0 Å². The fourth-order valence-electron chi connectivity index (χ4n) is 4.39. The number of carbonyl (C=O) groups excluding carboxylic acids is 1. The molecular formula is C31H33N3O7S2. The Morgan fingerprint density at radius 2 is 1.33 bits per heavy atom. The molecule has 12 heteroatoms. The van der Waals surface area contributed by atoms with Crippen LogP contribution in [0.4, 0.5) is 17.1 Å². The number of benzene rings is 4. The maximum Gasteiger partial charge on any atom is 0.264 e. The number of methoxy groups -OCH3 is 2. The van der Waals surface area contributed by atoms with Crippen molar-refractivity contribution in [2.75, 3.05) is 35.1 Å². The van der Waals surface area contributed by atoms with Gasteiger partial charge >= 0.3 is 0 Å². The minimum absolute atomic E-state index is 0.0554. The highest BCUT2D eigenvalue weighted by molar-refractivity contribution is 7.93. The number of amides is 1. The Hall–Kier alpha value is -4.55. The van der Waals surface area contributed by atoms with Crippen LogP contribution in [0.2, 0.25) is 0 Å². The molecule has 0 bridgehead atoms. The molecule has 4 aromatic carbocycles. The van der Waals surface area contributed by atoms with Crippen LogP contribution < -0.4 is 23.8 Å². The lowest BCUT2D eigenvalue weighted by molar-refractivity contribution is -0.114. The number of nitrogens with one attached hydrogen (secondary N) is 2. The van der Waals surface area contributed by atoms with Crippen molar-refractivity contribution >= 4 is 43.0 Å². The van der Waals surface area contributed by atoms with Crippen molar-refractivity contribution < 1.29 is 31.1 Å². The van der Waals surface area contributed by atoms with Gasteiger partial charge in [0.2, 0.25) is 5.91 Å². The van der Waals surface area contributed by atoms with Gasteiger partial charge in [-0.3, -0.25) is 13.8 Å². The van der Waals surface area contributed by atoms with E-state index in [4.69, 9.17) is 9.47 Å². The Morgan fingerprint density at radius 1 is 0.721 bits per heavy atom. The number of hydrogen-bond donors (Lipinski definition) is 2. The third-order valence-corrected chi connectivity index (χ3v) is 9.66. The van der Waals surface area contributed by atoms with Gasteiger partial charge in [-0.15, -0.1) is 0 Å². The lowest BCUT2D eigenvalue weighted by Gasteiger charge is -2.25. The largest absolute Gasteiger partial charge is 0.497 e. The number of carbonyl (C=O) groups is 1. The van der Waals surface area contributed by atoms with Gasteiger partial charge in [-0.05, 0) is 92.6 Å². The molecule has 0 unspecified atom stereocenters. The molecule has 0 aliphatic rings. The molecule has 43 heavy (non-hydrogen) atoms. The van der Waals surface area contributed by atoms with Gasteiger partial charge in [0.05, 0.1) is 35.4 Å². The fourth-order valence-corrected chi connectivity index (χ4v) is 6.86. The summed E-state index contributed by atoms with van der Waals surface area (Å²) >= 11 is 0. The maximum atomic E-state index is 13.7. The minimum atomic E-state index is -4.09. The third kappa shape index (κ3) is 7.46. The SMILES string of the molecule is COc1ccc(OC)c(NS(=O)(=O)c2ccc(NC(=O)CN(c3cc(C)cc(C)c3)S(=O)(=O)c3ccc(C)cc3)cc2)c1. The number of nitrogens with zero attached hydrogens (tertiary/aromatic N) is 1. The lowest BCUT2D eigenvalue weighted by Crippen LogP contribution is -2.38. The smallest absolute Gasteiger partial charge is 0.264 e. The first-order valence-corrected chi connectivity index (χ1v) is 16.1. The standard InChI is InChI=1S/C31H33N3O7S2/c1-21-6-11-28(12-7-21)43(38,39)34(25-17-22(2)16-23(3)18-25)20-31(35)32-24-8-13-27(14-9-24)42(36,37)33-29-19-26(40-4)10-15-30(29)41-5/h6-19,33H,20H2,1-5H3,(H,32,35). The van der Waals surface area contributed by atoms with Crippen LogP contribution in [0.5, 0.6) is 11.5 Å². The molecule has 0 aromatic heterocycles. The molecule has 0 aliphatic heterocycles. The molecule has 1 amide bonds. The molecule has 0 aliphatic carbocycles. The van der Waals surface area contributed by atoms with Gasteiger partial charge in [-0.1, -0.05) is 23.8 Å². The van der Waals surface area contributed by atoms with Gasteiger partial charge < -0.3 is 14.8 Å². The van der Waals surface area contributed by atoms with Crippen LogP contribution in [0.15, 0.2) is 94.7 Å². The molecule has 4 rings (SSSR count). The van der Waals surface area contributed by atoms with Gasteiger partial charge in [0.15, 0.2) is 0 Å². The van der Waals surface area contributed by atoms with Crippen molar-refractivity contribution in [1.82, 2.24) is 0 Å². The maximum absolute atomic E-state index is 13.7. The monoisotopic (exact) mass is 623 g/mol. The van der Waals surface area contributed by atoms with Crippen LogP contribution in [0.3, 0.4) is 0 Å². The Bertz CT molecular complexity index is 1820. The zero-order valence-corrected chi connectivity index (χ0v) is 26.0. The molecule has 0 fully saturated rings. The molecule has 10 nitrogen and oxygen atoms in total. The summed E-state index contributed by atoms with van der Waals surface area (Å²) in [5, 5.41) is 2.67. The van der Waals surface area contributed by atoms with Crippen molar-refractivity contribution in [3.63, 3.8) is 0 Å². The Morgan fingerprint density at radius 3 is 1.91 bits per heavy atom. The van der Waals surface area contributed by atoms with E-state index in [0.29, 0.717) is 17.2 Å². The van der Waals surface area contributed by atoms with E-state index >= 15 is 0 Å². The Labute approximate surface area is 252 Å². The Kier molecular flexibility index (Phi) is 9.31. The van der Waals surface area contributed by atoms with Gasteiger partial charge in [-0.2, -0.15) is 0 Å². The first-order chi connectivity index (χ1) is 20.3. The summed E-state index contributed by atoms with van der Waals surface area (Å²) in [5.74, 6) is 0.141. The average molecular weight is 624 g/mol. The van der Waals surface area contributed by atoms with Crippen LogP contribution in [-0.2, 0) is 24.8 Å². The van der Waals surface area contributed by atoms with Crippen molar-refractivity contribution in [2.45, 2.75) is 30.6 Å². The molecule has 2 N–H and O–H groups in total. The van der Waals surface area contributed by atoms with Crippen LogP contribution >= 0.6 is 0 Å². The zero-order valence-electron chi connectivity index (χ0n) is 24.4. The second kappa shape index (κ2) is 12.8. The molecule has 226 valence electrons. The number of anilines is 3. The fraction of sp³-hybridized carbons (Fsp3) is 0.194. The van der Waals surface area contributed by atoms with E-state index in [1.165, 1.54) is 56.7 Å². The summed E-state index contributed by atoms with van der Waals surface area (Å²) in [4.78, 5) is 13.2. The second-order valence-corrected chi connectivity index (χ2v) is 13.5. The normalized spacial score (nSPS) is 11.5. The predicted octanol–water partition coefficient (Wildman–Crippen LogP) is 5.26. The number of aryl methyl sites for hydroxylation is 3. The van der Waals surface area contributed by atoms with Crippen molar-refractivity contribution in [3.05, 3.63) is 102 Å². The molecule has 0 radical (unpaired) electrons. The quantitative estimate of drug-likeness (QED) is 0.233. The summed E-state index contributed by atoms with van der Waals surface area (Å²) in [6.45, 7) is 5.05. The van der Waals surface area contributed by atoms with E-state index in [1.807, 2.05) is 26.8 Å². The van der Waals surface area contributed by atoms with Crippen LogP contribution in [0.1, 0.15) is 16.7 Å². The zero-order chi connectivity index (χ0) is 31.4. The van der Waals surface area contributed by atoms with Crippen molar-refractivity contribution in [3.8, 4) is 11.5 Å². The second-order valence-electron chi connectivity index (χ2n) is 9.91. The summed E-state index contributed by atoms with van der Waals surface area (Å²) in [7, 11) is -5.23. The van der Waals surface area contributed by atoms with Crippen LogP contribution in [0, 0.1) is 20.8 Å². The lowest BCUT2D eigenvalue weighted by atomic mass is 10.1. The third-order valence-electron chi connectivity index (χ3n) is 6.49. The topological polar surface area (TPSA) is 131 Å². The molecule has 0 atom stereocenters. The summed E-state index contributed by atoms with van der Waals surface area (Å²) in [6, 6.07) is 21.9. The first-order valence-electron chi connectivity index (χ1n) is 13.1. The van der Waals surface area contributed by atoms with E-state index in [0.717, 1.165) is 21.0 Å². The van der Waals surface area contributed by atoms with E-state index in [1.54, 1.807) is 36.4 Å². The minimum Gasteiger partial charge on any atom is -0.497 e. The average Bonchev–Trinajstić information content (AvgIpc) is 2.95. The van der Waals surface area contributed by atoms with E-state index in [-0.39, 0.29) is 21.2 Å². The molecule has 4 aromatic rings. The molecule has 0 heterocycles. The molecular weight excluding hydrogens is 590 g/mol. The van der Waals surface area contributed by atoms with Crippen molar-refractivity contribution in [2.24, 2.45) is 0 Å². The number of rotatable bonds is 11. The first kappa shape index (κ1) is 31.4. The van der Waals surface area contributed by atoms with E-state index in [9.17, 15) is 21.6 Å². The predicted molar refractivity (Wildman–Crippen MR) is 167 cm³/mol. The van der Waals surface area contributed by atoms with Crippen LogP contribution in [0.25, 0.3) is 0 Å². The molecule has 0 saturated carbocycles. The molecule has 0 saturated heterocycles. The van der Waals surface area contributed by atoms with E-state index < -0.39 is 32.5 Å².